The Morgan fingerprint density at radius 3 is 2.71 bits per heavy atom. The molecule has 1 aliphatic rings. The van der Waals surface area contributed by atoms with E-state index < -0.39 is 0 Å². The highest BCUT2D eigenvalue weighted by molar-refractivity contribution is 9.10. The summed E-state index contributed by atoms with van der Waals surface area (Å²) in [5, 5.41) is 3.42. The summed E-state index contributed by atoms with van der Waals surface area (Å²) in [6.45, 7) is 7.49. The van der Waals surface area contributed by atoms with E-state index in [9.17, 15) is 0 Å². The minimum Gasteiger partial charge on any atom is -0.490 e. The summed E-state index contributed by atoms with van der Waals surface area (Å²) in [6, 6.07) is 4.21. The molecule has 0 spiro atoms. The molecule has 1 saturated carbocycles. The van der Waals surface area contributed by atoms with Crippen LogP contribution >= 0.6 is 15.9 Å². The highest BCUT2D eigenvalue weighted by atomic mass is 79.9. The topological polar surface area (TPSA) is 30.5 Å². The van der Waals surface area contributed by atoms with E-state index in [1.54, 1.807) is 0 Å². The van der Waals surface area contributed by atoms with Gasteiger partial charge in [0.2, 0.25) is 0 Å². The molecule has 0 heterocycles. The Morgan fingerprint density at radius 1 is 1.24 bits per heavy atom. The van der Waals surface area contributed by atoms with Gasteiger partial charge >= 0.3 is 0 Å². The molecule has 2 rings (SSSR count). The molecular weight excluding hydrogens is 330 g/mol. The SMILES string of the molecule is CCCNCc1cc(Br)c(OCCC2CC2)c(OCC)c1. The molecule has 3 nitrogen and oxygen atoms in total. The van der Waals surface area contributed by atoms with Crippen molar-refractivity contribution in [2.24, 2.45) is 5.92 Å². The van der Waals surface area contributed by atoms with Crippen molar-refractivity contribution in [1.29, 1.82) is 0 Å². The smallest absolute Gasteiger partial charge is 0.175 e. The molecule has 21 heavy (non-hydrogen) atoms. The van der Waals surface area contributed by atoms with Crippen molar-refractivity contribution >= 4 is 15.9 Å². The summed E-state index contributed by atoms with van der Waals surface area (Å²) in [4.78, 5) is 0. The largest absolute Gasteiger partial charge is 0.490 e. The molecule has 0 bridgehead atoms. The second kappa shape index (κ2) is 8.64. The zero-order valence-electron chi connectivity index (χ0n) is 13.1. The lowest BCUT2D eigenvalue weighted by molar-refractivity contribution is 0.267. The van der Waals surface area contributed by atoms with E-state index in [-0.39, 0.29) is 0 Å². The third kappa shape index (κ3) is 5.51. The van der Waals surface area contributed by atoms with Gasteiger partial charge in [0.25, 0.3) is 0 Å². The van der Waals surface area contributed by atoms with Crippen LogP contribution < -0.4 is 14.8 Å². The number of hydrogen-bond donors (Lipinski definition) is 1. The molecule has 0 saturated heterocycles. The Kier molecular flexibility index (Phi) is 6.84. The van der Waals surface area contributed by atoms with Crippen LogP contribution in [0.3, 0.4) is 0 Å². The second-order valence-corrected chi connectivity index (χ2v) is 6.45. The molecule has 0 radical (unpaired) electrons. The standard InChI is InChI=1S/C17H26BrNO2/c1-3-8-19-12-14-10-15(18)17(16(11-14)20-4-2)21-9-7-13-5-6-13/h10-11,13,19H,3-9,12H2,1-2H3. The number of nitrogens with one attached hydrogen (secondary N) is 1. The molecule has 1 aliphatic carbocycles. The third-order valence-electron chi connectivity index (χ3n) is 3.59. The predicted molar refractivity (Wildman–Crippen MR) is 90.1 cm³/mol. The molecule has 1 N–H and O–H groups in total. The summed E-state index contributed by atoms with van der Waals surface area (Å²) in [5.41, 5.74) is 1.22. The van der Waals surface area contributed by atoms with Crippen LogP contribution in [0.15, 0.2) is 16.6 Å². The van der Waals surface area contributed by atoms with Gasteiger partial charge < -0.3 is 14.8 Å². The first-order valence-corrected chi connectivity index (χ1v) is 8.82. The van der Waals surface area contributed by atoms with Gasteiger partial charge in [-0.1, -0.05) is 19.8 Å². The molecule has 4 heteroatoms. The van der Waals surface area contributed by atoms with E-state index >= 15 is 0 Å². The Morgan fingerprint density at radius 2 is 2.05 bits per heavy atom. The maximum absolute atomic E-state index is 5.96. The van der Waals surface area contributed by atoms with Crippen molar-refractivity contribution in [2.75, 3.05) is 19.8 Å². The van der Waals surface area contributed by atoms with Gasteiger partial charge in [0.15, 0.2) is 11.5 Å². The van der Waals surface area contributed by atoms with Crippen LogP contribution in [0.1, 0.15) is 45.1 Å². The number of benzene rings is 1. The lowest BCUT2D eigenvalue weighted by Crippen LogP contribution is -2.14. The fourth-order valence-electron chi connectivity index (χ4n) is 2.27. The first-order valence-electron chi connectivity index (χ1n) is 8.03. The highest BCUT2D eigenvalue weighted by Crippen LogP contribution is 2.38. The van der Waals surface area contributed by atoms with E-state index in [0.717, 1.165) is 54.4 Å². The molecule has 1 fully saturated rings. The fourth-order valence-corrected chi connectivity index (χ4v) is 2.87. The lowest BCUT2D eigenvalue weighted by atomic mass is 10.2. The van der Waals surface area contributed by atoms with Gasteiger partial charge in [-0.2, -0.15) is 0 Å². The lowest BCUT2D eigenvalue weighted by Gasteiger charge is -2.15. The quantitative estimate of drug-likeness (QED) is 0.625. The minimum atomic E-state index is 0.650. The van der Waals surface area contributed by atoms with Crippen LogP contribution in [0, 0.1) is 5.92 Å². The van der Waals surface area contributed by atoms with E-state index in [1.165, 1.54) is 18.4 Å². The number of rotatable bonds is 10. The van der Waals surface area contributed by atoms with Gasteiger partial charge in [0.1, 0.15) is 0 Å². The van der Waals surface area contributed by atoms with Crippen LogP contribution in [0.5, 0.6) is 11.5 Å². The van der Waals surface area contributed by atoms with Crippen molar-refractivity contribution in [1.82, 2.24) is 5.32 Å². The maximum atomic E-state index is 5.96. The molecular formula is C17H26BrNO2. The van der Waals surface area contributed by atoms with E-state index in [2.05, 4.69) is 40.3 Å². The summed E-state index contributed by atoms with van der Waals surface area (Å²) >= 11 is 3.63. The molecule has 0 unspecified atom stereocenters. The van der Waals surface area contributed by atoms with E-state index in [4.69, 9.17) is 9.47 Å². The van der Waals surface area contributed by atoms with Gasteiger partial charge in [-0.05, 0) is 65.9 Å². The van der Waals surface area contributed by atoms with Crippen LogP contribution in [0.25, 0.3) is 0 Å². The Hall–Kier alpha value is -0.740. The van der Waals surface area contributed by atoms with Crippen LogP contribution in [0.2, 0.25) is 0 Å². The first-order chi connectivity index (χ1) is 10.2. The molecule has 0 aliphatic heterocycles. The normalized spacial score (nSPS) is 14.2. The Balaban J connectivity index is 2.01. The van der Waals surface area contributed by atoms with Gasteiger partial charge in [-0.3, -0.25) is 0 Å². The van der Waals surface area contributed by atoms with Crippen LogP contribution in [0.4, 0.5) is 0 Å². The van der Waals surface area contributed by atoms with Crippen LogP contribution in [-0.4, -0.2) is 19.8 Å². The van der Waals surface area contributed by atoms with Gasteiger partial charge in [-0.15, -0.1) is 0 Å². The molecule has 1 aromatic carbocycles. The van der Waals surface area contributed by atoms with Crippen LogP contribution in [-0.2, 0) is 6.54 Å². The van der Waals surface area contributed by atoms with Crippen molar-refractivity contribution in [3.63, 3.8) is 0 Å². The highest BCUT2D eigenvalue weighted by Gasteiger charge is 2.21. The Labute approximate surface area is 136 Å². The van der Waals surface area contributed by atoms with Crippen molar-refractivity contribution in [3.05, 3.63) is 22.2 Å². The predicted octanol–water partition coefficient (Wildman–Crippen LogP) is 4.53. The number of halogens is 1. The first kappa shape index (κ1) is 16.6. The minimum absolute atomic E-state index is 0.650. The number of hydrogen-bond acceptors (Lipinski definition) is 3. The zero-order chi connectivity index (χ0) is 15.1. The Bertz CT molecular complexity index is 447. The van der Waals surface area contributed by atoms with Crippen molar-refractivity contribution < 1.29 is 9.47 Å². The molecule has 0 atom stereocenters. The zero-order valence-corrected chi connectivity index (χ0v) is 14.7. The molecule has 0 amide bonds. The monoisotopic (exact) mass is 355 g/mol. The summed E-state index contributed by atoms with van der Waals surface area (Å²) in [7, 11) is 0. The third-order valence-corrected chi connectivity index (χ3v) is 4.18. The molecule has 0 aromatic heterocycles. The second-order valence-electron chi connectivity index (χ2n) is 5.60. The fraction of sp³-hybridized carbons (Fsp3) is 0.647. The summed E-state index contributed by atoms with van der Waals surface area (Å²) in [6.07, 6.45) is 5.02. The van der Waals surface area contributed by atoms with Crippen molar-refractivity contribution in [3.8, 4) is 11.5 Å². The molecule has 1 aromatic rings. The summed E-state index contributed by atoms with van der Waals surface area (Å²) in [5.74, 6) is 2.57. The average Bonchev–Trinajstić information content (AvgIpc) is 3.26. The van der Waals surface area contributed by atoms with E-state index in [1.807, 2.05) is 6.92 Å². The molecule has 118 valence electrons. The average molecular weight is 356 g/mol. The maximum Gasteiger partial charge on any atom is 0.175 e. The van der Waals surface area contributed by atoms with E-state index in [0.29, 0.717) is 6.61 Å². The number of ether oxygens (including phenoxy) is 2. The van der Waals surface area contributed by atoms with Gasteiger partial charge in [0, 0.05) is 6.54 Å². The van der Waals surface area contributed by atoms with Crippen molar-refractivity contribution in [2.45, 2.75) is 46.1 Å². The van der Waals surface area contributed by atoms with Gasteiger partial charge in [-0.25, -0.2) is 0 Å². The summed E-state index contributed by atoms with van der Waals surface area (Å²) < 4.78 is 12.7. The van der Waals surface area contributed by atoms with Gasteiger partial charge in [0.05, 0.1) is 17.7 Å².